The third-order valence-corrected chi connectivity index (χ3v) is 5.50. The van der Waals surface area contributed by atoms with Crippen LogP contribution in [-0.4, -0.2) is 46.2 Å². The van der Waals surface area contributed by atoms with E-state index < -0.39 is 12.0 Å². The van der Waals surface area contributed by atoms with Gasteiger partial charge in [0.25, 0.3) is 0 Å². The second kappa shape index (κ2) is 20.9. The first-order valence-electron chi connectivity index (χ1n) is 12.4. The normalized spacial score (nSPS) is 12.4. The van der Waals surface area contributed by atoms with E-state index in [1.807, 2.05) is 6.92 Å². The second-order valence-corrected chi connectivity index (χ2v) is 8.29. The fourth-order valence-corrected chi connectivity index (χ4v) is 3.72. The predicted molar refractivity (Wildman–Crippen MR) is 125 cm³/mol. The molecule has 0 aromatic carbocycles. The lowest BCUT2D eigenvalue weighted by molar-refractivity contribution is -0.151. The summed E-state index contributed by atoms with van der Waals surface area (Å²) in [6.45, 7) is 4.39. The summed E-state index contributed by atoms with van der Waals surface area (Å²) in [7, 11) is 0. The minimum absolute atomic E-state index is 0.0907. The Labute approximate surface area is 184 Å². The highest BCUT2D eigenvalue weighted by atomic mass is 16.4. The van der Waals surface area contributed by atoms with Crippen molar-refractivity contribution in [1.82, 2.24) is 4.90 Å². The van der Waals surface area contributed by atoms with Crippen LogP contribution in [0.1, 0.15) is 117 Å². The molecule has 0 aliphatic heterocycles. The van der Waals surface area contributed by atoms with Gasteiger partial charge in [-0.25, -0.2) is 4.79 Å². The number of rotatable bonds is 21. The molecule has 0 aromatic heterocycles. The van der Waals surface area contributed by atoms with Crippen LogP contribution >= 0.6 is 0 Å². The maximum atomic E-state index is 12.5. The third kappa shape index (κ3) is 15.5. The highest BCUT2D eigenvalue weighted by molar-refractivity contribution is 5.83. The van der Waals surface area contributed by atoms with Crippen molar-refractivity contribution >= 4 is 11.9 Å². The highest BCUT2D eigenvalue weighted by Gasteiger charge is 2.27. The number of aliphatic hydroxyl groups excluding tert-OH is 1. The summed E-state index contributed by atoms with van der Waals surface area (Å²) in [6.07, 6.45) is 21.6. The Morgan fingerprint density at radius 2 is 1.33 bits per heavy atom. The smallest absolute Gasteiger partial charge is 0.326 e. The van der Waals surface area contributed by atoms with E-state index in [0.717, 1.165) is 25.7 Å². The van der Waals surface area contributed by atoms with Crippen LogP contribution in [0.4, 0.5) is 0 Å². The van der Waals surface area contributed by atoms with Crippen LogP contribution in [0.2, 0.25) is 0 Å². The number of aliphatic carboxylic acids is 1. The zero-order chi connectivity index (χ0) is 22.5. The molecule has 0 spiro atoms. The number of nitrogens with zero attached hydrogens (tertiary/aromatic N) is 1. The average molecular weight is 426 g/mol. The van der Waals surface area contributed by atoms with Crippen molar-refractivity contribution in [3.63, 3.8) is 0 Å². The molecule has 1 amide bonds. The minimum atomic E-state index is -1.03. The van der Waals surface area contributed by atoms with Gasteiger partial charge in [0.05, 0.1) is 0 Å². The first kappa shape index (κ1) is 28.6. The fourth-order valence-electron chi connectivity index (χ4n) is 3.72. The summed E-state index contributed by atoms with van der Waals surface area (Å²) in [5.41, 5.74) is 0. The molecular formula is C25H47NO4. The molecule has 176 valence electrons. The number of allylic oxidation sites excluding steroid dienone is 2. The number of carbonyl (C=O) groups is 2. The Bertz CT molecular complexity index is 450. The number of carboxylic acids is 1. The maximum Gasteiger partial charge on any atom is 0.326 e. The summed E-state index contributed by atoms with van der Waals surface area (Å²) in [5.74, 6) is -1.13. The molecule has 0 aliphatic carbocycles. The van der Waals surface area contributed by atoms with Crippen molar-refractivity contribution in [2.75, 3.05) is 13.2 Å². The van der Waals surface area contributed by atoms with Gasteiger partial charge in [-0.15, -0.1) is 0 Å². The lowest BCUT2D eigenvalue weighted by Crippen LogP contribution is -2.46. The number of hydrogen-bond donors (Lipinski definition) is 2. The van der Waals surface area contributed by atoms with E-state index in [-0.39, 0.29) is 18.9 Å². The van der Waals surface area contributed by atoms with Gasteiger partial charge in [-0.05, 0) is 38.5 Å². The van der Waals surface area contributed by atoms with Crippen LogP contribution in [0.5, 0.6) is 0 Å². The lowest BCUT2D eigenvalue weighted by Gasteiger charge is -2.28. The van der Waals surface area contributed by atoms with E-state index in [9.17, 15) is 14.7 Å². The quantitative estimate of drug-likeness (QED) is 0.172. The Morgan fingerprint density at radius 3 is 1.83 bits per heavy atom. The molecule has 0 saturated carbocycles. The van der Waals surface area contributed by atoms with Crippen LogP contribution in [0.15, 0.2) is 12.2 Å². The van der Waals surface area contributed by atoms with Crippen LogP contribution in [0, 0.1) is 0 Å². The van der Waals surface area contributed by atoms with Crippen molar-refractivity contribution in [3.05, 3.63) is 12.2 Å². The minimum Gasteiger partial charge on any atom is -0.480 e. The van der Waals surface area contributed by atoms with Gasteiger partial charge in [-0.2, -0.15) is 0 Å². The first-order chi connectivity index (χ1) is 14.6. The molecule has 0 heterocycles. The number of carboxylic acid groups (broad SMARTS) is 1. The monoisotopic (exact) mass is 425 g/mol. The molecule has 0 aliphatic rings. The molecule has 0 aromatic rings. The van der Waals surface area contributed by atoms with Gasteiger partial charge in [0.15, 0.2) is 0 Å². The van der Waals surface area contributed by atoms with Crippen molar-refractivity contribution in [1.29, 1.82) is 0 Å². The van der Waals surface area contributed by atoms with Gasteiger partial charge in [-0.3, -0.25) is 4.79 Å². The molecule has 0 fully saturated rings. The Balaban J connectivity index is 3.79. The molecule has 30 heavy (non-hydrogen) atoms. The molecule has 0 rings (SSSR count). The van der Waals surface area contributed by atoms with Gasteiger partial charge in [0.1, 0.15) is 6.04 Å². The van der Waals surface area contributed by atoms with E-state index in [1.165, 1.54) is 62.7 Å². The average Bonchev–Trinajstić information content (AvgIpc) is 2.73. The molecule has 5 nitrogen and oxygen atoms in total. The predicted octanol–water partition coefficient (Wildman–Crippen LogP) is 6.10. The first-order valence-corrected chi connectivity index (χ1v) is 12.4. The van der Waals surface area contributed by atoms with Gasteiger partial charge in [0.2, 0.25) is 5.91 Å². The zero-order valence-electron chi connectivity index (χ0n) is 19.6. The Morgan fingerprint density at radius 1 is 0.800 bits per heavy atom. The van der Waals surface area contributed by atoms with E-state index in [4.69, 9.17) is 5.11 Å². The van der Waals surface area contributed by atoms with Crippen LogP contribution in [0.3, 0.4) is 0 Å². The second-order valence-electron chi connectivity index (χ2n) is 8.29. The third-order valence-electron chi connectivity index (χ3n) is 5.50. The summed E-state index contributed by atoms with van der Waals surface area (Å²) in [6, 6.07) is -0.912. The topological polar surface area (TPSA) is 77.8 Å². The van der Waals surface area contributed by atoms with E-state index in [1.54, 1.807) is 0 Å². The molecule has 0 saturated heterocycles. The van der Waals surface area contributed by atoms with Crippen molar-refractivity contribution in [3.8, 4) is 0 Å². The van der Waals surface area contributed by atoms with Gasteiger partial charge < -0.3 is 15.1 Å². The van der Waals surface area contributed by atoms with Gasteiger partial charge in [-0.1, -0.05) is 77.4 Å². The molecular weight excluding hydrogens is 378 g/mol. The lowest BCUT2D eigenvalue weighted by atomic mass is 10.1. The SMILES string of the molecule is CCCCCCCC/C=C\CCCCCCCC(=O)N(CCC)C(CCO)C(=O)O. The number of amides is 1. The van der Waals surface area contributed by atoms with Crippen LogP contribution < -0.4 is 0 Å². The van der Waals surface area contributed by atoms with Crippen molar-refractivity contribution in [2.24, 2.45) is 0 Å². The Hall–Kier alpha value is -1.36. The molecule has 2 N–H and O–H groups in total. The summed E-state index contributed by atoms with van der Waals surface area (Å²) < 4.78 is 0. The largest absolute Gasteiger partial charge is 0.480 e. The number of unbranched alkanes of at least 4 members (excludes halogenated alkanes) is 11. The molecule has 1 atom stereocenters. The maximum absolute atomic E-state index is 12.5. The molecule has 0 radical (unpaired) electrons. The van der Waals surface area contributed by atoms with Crippen molar-refractivity contribution in [2.45, 2.75) is 123 Å². The number of hydrogen-bond acceptors (Lipinski definition) is 3. The zero-order valence-corrected chi connectivity index (χ0v) is 19.6. The van der Waals surface area contributed by atoms with Crippen LogP contribution in [-0.2, 0) is 9.59 Å². The van der Waals surface area contributed by atoms with E-state index in [2.05, 4.69) is 19.1 Å². The van der Waals surface area contributed by atoms with E-state index >= 15 is 0 Å². The molecule has 5 heteroatoms. The summed E-state index contributed by atoms with van der Waals surface area (Å²) in [5, 5.41) is 18.4. The van der Waals surface area contributed by atoms with Gasteiger partial charge >= 0.3 is 5.97 Å². The van der Waals surface area contributed by atoms with E-state index in [0.29, 0.717) is 19.4 Å². The summed E-state index contributed by atoms with van der Waals surface area (Å²) >= 11 is 0. The number of carbonyl (C=O) groups excluding carboxylic acids is 1. The Kier molecular flexibility index (Phi) is 19.9. The van der Waals surface area contributed by atoms with Crippen molar-refractivity contribution < 1.29 is 19.8 Å². The van der Waals surface area contributed by atoms with Gasteiger partial charge in [0, 0.05) is 26.0 Å². The standard InChI is InChI=1S/C25H47NO4/c1-3-5-6-7-8-9-10-11-12-13-14-15-16-17-18-19-24(28)26(21-4-2)23(20-22-27)25(29)30/h11-12,23,27H,3-10,13-22H2,1-2H3,(H,29,30)/b12-11-. The fraction of sp³-hybridized carbons (Fsp3) is 0.840. The number of aliphatic hydroxyl groups is 1. The molecule has 1 unspecified atom stereocenters. The highest BCUT2D eigenvalue weighted by Crippen LogP contribution is 2.13. The van der Waals surface area contributed by atoms with Crippen LogP contribution in [0.25, 0.3) is 0 Å². The summed E-state index contributed by atoms with van der Waals surface area (Å²) in [4.78, 5) is 25.3. The molecule has 0 bridgehead atoms.